The summed E-state index contributed by atoms with van der Waals surface area (Å²) in [6.45, 7) is 2.45. The fourth-order valence-electron chi connectivity index (χ4n) is 1.73. The highest BCUT2D eigenvalue weighted by molar-refractivity contribution is 5.85. The molecule has 2 aliphatic heterocycles. The van der Waals surface area contributed by atoms with Crippen LogP contribution in [0.1, 0.15) is 6.42 Å². The Kier molecular flexibility index (Phi) is 2.73. The van der Waals surface area contributed by atoms with E-state index in [2.05, 4.69) is 5.32 Å². The summed E-state index contributed by atoms with van der Waals surface area (Å²) >= 11 is 0. The number of halogens is 1. The molecule has 0 aliphatic carbocycles. The summed E-state index contributed by atoms with van der Waals surface area (Å²) in [5, 5.41) is 3.19. The molecule has 3 nitrogen and oxygen atoms in total. The third-order valence-electron chi connectivity index (χ3n) is 2.38. The first-order chi connectivity index (χ1) is 4.88. The van der Waals surface area contributed by atoms with Crippen molar-refractivity contribution in [1.82, 2.24) is 5.32 Å². The Morgan fingerprint density at radius 3 is 3.00 bits per heavy atom. The molecule has 0 saturated carbocycles. The Balaban J connectivity index is 0.000000605. The van der Waals surface area contributed by atoms with Crippen LogP contribution in [0.4, 0.5) is 0 Å². The molecule has 2 heterocycles. The molecule has 0 aromatic rings. The van der Waals surface area contributed by atoms with Crippen molar-refractivity contribution in [3.63, 3.8) is 0 Å². The van der Waals surface area contributed by atoms with E-state index in [1.54, 1.807) is 0 Å². The number of cyclic esters (lactones) is 1. The molecule has 4 heteroatoms. The number of fused-ring (bicyclic) bond motifs is 1. The minimum absolute atomic E-state index is 0. The van der Waals surface area contributed by atoms with Gasteiger partial charge in [-0.05, 0) is 18.9 Å². The quantitative estimate of drug-likeness (QED) is 0.537. The molecule has 2 aliphatic rings. The number of rotatable bonds is 0. The largest absolute Gasteiger partial charge is 0.465 e. The van der Waals surface area contributed by atoms with Crippen molar-refractivity contribution in [3.8, 4) is 0 Å². The average Bonchev–Trinajstić information content (AvgIpc) is 2.36. The first-order valence-electron chi connectivity index (χ1n) is 3.75. The Morgan fingerprint density at radius 1 is 1.45 bits per heavy atom. The van der Waals surface area contributed by atoms with E-state index in [0.717, 1.165) is 19.5 Å². The molecule has 0 aromatic carbocycles. The topological polar surface area (TPSA) is 38.3 Å². The second kappa shape index (κ2) is 3.41. The molecule has 0 bridgehead atoms. The third-order valence-corrected chi connectivity index (χ3v) is 2.38. The lowest BCUT2D eigenvalue weighted by molar-refractivity contribution is -0.154. The van der Waals surface area contributed by atoms with Crippen LogP contribution in [0.2, 0.25) is 0 Å². The van der Waals surface area contributed by atoms with Gasteiger partial charge in [0.25, 0.3) is 0 Å². The minimum atomic E-state index is 0. The van der Waals surface area contributed by atoms with Crippen LogP contribution in [-0.2, 0) is 9.53 Å². The van der Waals surface area contributed by atoms with E-state index in [4.69, 9.17) is 4.74 Å². The summed E-state index contributed by atoms with van der Waals surface area (Å²) in [4.78, 5) is 11.0. The smallest absolute Gasteiger partial charge is 0.310 e. The zero-order chi connectivity index (χ0) is 6.97. The van der Waals surface area contributed by atoms with Crippen LogP contribution in [0.3, 0.4) is 0 Å². The predicted octanol–water partition coefficient (Wildman–Crippen LogP) is 0.191. The van der Waals surface area contributed by atoms with E-state index < -0.39 is 0 Å². The number of hydrogen-bond donors (Lipinski definition) is 1. The van der Waals surface area contributed by atoms with Crippen LogP contribution in [0.5, 0.6) is 0 Å². The number of nitrogens with one attached hydrogen (secondary N) is 1. The van der Waals surface area contributed by atoms with Gasteiger partial charge in [0.2, 0.25) is 0 Å². The summed E-state index contributed by atoms with van der Waals surface area (Å²) in [5.74, 6) is 0.719. The van der Waals surface area contributed by atoms with Gasteiger partial charge in [0, 0.05) is 6.54 Å². The van der Waals surface area contributed by atoms with Crippen LogP contribution >= 0.6 is 12.4 Å². The van der Waals surface area contributed by atoms with Gasteiger partial charge in [-0.15, -0.1) is 12.4 Å². The number of carbonyl (C=O) groups is 1. The second-order valence-corrected chi connectivity index (χ2v) is 2.98. The zero-order valence-corrected chi connectivity index (χ0v) is 7.02. The van der Waals surface area contributed by atoms with E-state index >= 15 is 0 Å². The summed E-state index contributed by atoms with van der Waals surface area (Å²) in [6.07, 6.45) is 1.05. The van der Waals surface area contributed by atoms with E-state index in [-0.39, 0.29) is 24.3 Å². The first-order valence-corrected chi connectivity index (χ1v) is 3.75. The van der Waals surface area contributed by atoms with Crippen molar-refractivity contribution in [2.24, 2.45) is 11.8 Å². The molecule has 0 radical (unpaired) electrons. The predicted molar refractivity (Wildman–Crippen MR) is 42.7 cm³/mol. The molecule has 64 valence electrons. The molecule has 2 rings (SSSR count). The minimum Gasteiger partial charge on any atom is -0.465 e. The van der Waals surface area contributed by atoms with Gasteiger partial charge in [0.15, 0.2) is 0 Å². The van der Waals surface area contributed by atoms with E-state index in [9.17, 15) is 4.79 Å². The van der Waals surface area contributed by atoms with Crippen molar-refractivity contribution in [1.29, 1.82) is 0 Å². The molecular formula is C7H12ClNO2. The van der Waals surface area contributed by atoms with Gasteiger partial charge in [0.05, 0.1) is 12.5 Å². The van der Waals surface area contributed by atoms with Crippen molar-refractivity contribution < 1.29 is 9.53 Å². The zero-order valence-electron chi connectivity index (χ0n) is 6.21. The Bertz CT molecular complexity index is 163. The molecule has 0 spiro atoms. The summed E-state index contributed by atoms with van der Waals surface area (Å²) in [7, 11) is 0. The fourth-order valence-corrected chi connectivity index (χ4v) is 1.73. The van der Waals surface area contributed by atoms with Gasteiger partial charge in [-0.1, -0.05) is 0 Å². The van der Waals surface area contributed by atoms with Crippen LogP contribution in [0.25, 0.3) is 0 Å². The van der Waals surface area contributed by atoms with Gasteiger partial charge in [-0.25, -0.2) is 0 Å². The molecule has 0 amide bonds. The number of esters is 1. The molecule has 11 heavy (non-hydrogen) atoms. The highest BCUT2D eigenvalue weighted by Gasteiger charge is 2.36. The van der Waals surface area contributed by atoms with Gasteiger partial charge >= 0.3 is 5.97 Å². The van der Waals surface area contributed by atoms with Crippen LogP contribution in [0, 0.1) is 11.8 Å². The SMILES string of the molecule is Cl.O=C1OCC[C@@H]2CNC[C@H]12. The fraction of sp³-hybridized carbons (Fsp3) is 0.857. The van der Waals surface area contributed by atoms with Crippen LogP contribution in [-0.4, -0.2) is 25.7 Å². The molecule has 1 N–H and O–H groups in total. The molecule has 2 saturated heterocycles. The maximum absolute atomic E-state index is 11.0. The maximum Gasteiger partial charge on any atom is 0.310 e. The lowest BCUT2D eigenvalue weighted by Crippen LogP contribution is -2.31. The van der Waals surface area contributed by atoms with Crippen LogP contribution in [0.15, 0.2) is 0 Å². The van der Waals surface area contributed by atoms with Crippen molar-refractivity contribution in [2.75, 3.05) is 19.7 Å². The van der Waals surface area contributed by atoms with Gasteiger partial charge < -0.3 is 10.1 Å². The van der Waals surface area contributed by atoms with E-state index in [1.807, 2.05) is 0 Å². The highest BCUT2D eigenvalue weighted by atomic mass is 35.5. The maximum atomic E-state index is 11.0. The second-order valence-electron chi connectivity index (χ2n) is 2.98. The molecule has 2 atom stereocenters. The number of hydrogen-bond acceptors (Lipinski definition) is 3. The molecule has 0 unspecified atom stereocenters. The molecule has 0 aromatic heterocycles. The van der Waals surface area contributed by atoms with E-state index in [1.165, 1.54) is 0 Å². The van der Waals surface area contributed by atoms with Crippen molar-refractivity contribution in [3.05, 3.63) is 0 Å². The van der Waals surface area contributed by atoms with E-state index in [0.29, 0.717) is 12.5 Å². The van der Waals surface area contributed by atoms with Gasteiger partial charge in [-0.3, -0.25) is 4.79 Å². The van der Waals surface area contributed by atoms with Crippen LogP contribution < -0.4 is 5.32 Å². The van der Waals surface area contributed by atoms with Crippen molar-refractivity contribution in [2.45, 2.75) is 6.42 Å². The third kappa shape index (κ3) is 1.49. The van der Waals surface area contributed by atoms with Gasteiger partial charge in [-0.2, -0.15) is 0 Å². The number of ether oxygens (including phenoxy) is 1. The molecule has 2 fully saturated rings. The monoisotopic (exact) mass is 177 g/mol. The summed E-state index contributed by atoms with van der Waals surface area (Å²) < 4.78 is 4.91. The normalized spacial score (nSPS) is 35.5. The summed E-state index contributed by atoms with van der Waals surface area (Å²) in [5.41, 5.74) is 0. The lowest BCUT2D eigenvalue weighted by Gasteiger charge is -2.22. The average molecular weight is 178 g/mol. The Morgan fingerprint density at radius 2 is 2.27 bits per heavy atom. The first kappa shape index (κ1) is 8.81. The Hall–Kier alpha value is -0.280. The summed E-state index contributed by atoms with van der Waals surface area (Å²) in [6, 6.07) is 0. The van der Waals surface area contributed by atoms with Crippen molar-refractivity contribution >= 4 is 18.4 Å². The van der Waals surface area contributed by atoms with Gasteiger partial charge in [0.1, 0.15) is 0 Å². The Labute approximate surface area is 71.9 Å². The highest BCUT2D eigenvalue weighted by Crippen LogP contribution is 2.25. The number of carbonyl (C=O) groups excluding carboxylic acids is 1. The lowest BCUT2D eigenvalue weighted by atomic mass is 9.91. The standard InChI is InChI=1S/C7H11NO2.ClH/c9-7-6-4-8-3-5(6)1-2-10-7;/h5-6,8H,1-4H2;1H/t5-,6+;/m1./s1. The molecular weight excluding hydrogens is 166 g/mol.